The van der Waals surface area contributed by atoms with Crippen LogP contribution in [-0.2, 0) is 11.2 Å². The van der Waals surface area contributed by atoms with Gasteiger partial charge in [0.05, 0.1) is 12.1 Å². The zero-order valence-corrected chi connectivity index (χ0v) is 11.8. The predicted octanol–water partition coefficient (Wildman–Crippen LogP) is 1.85. The summed E-state index contributed by atoms with van der Waals surface area (Å²) >= 11 is 0. The number of hydrogen-bond donors (Lipinski definition) is 2. The van der Waals surface area contributed by atoms with Gasteiger partial charge in [-0.25, -0.2) is 0 Å². The van der Waals surface area contributed by atoms with E-state index in [0.29, 0.717) is 11.5 Å². The van der Waals surface area contributed by atoms with E-state index in [0.717, 1.165) is 29.8 Å². The maximum atomic E-state index is 12.4. The molecule has 0 unspecified atom stereocenters. The maximum Gasteiger partial charge on any atom is 0.251 e. The summed E-state index contributed by atoms with van der Waals surface area (Å²) < 4.78 is 4.84. The van der Waals surface area contributed by atoms with Crippen LogP contribution in [0.15, 0.2) is 35.1 Å². The number of anilines is 1. The molecule has 6 nitrogen and oxygen atoms in total. The third-order valence-electron chi connectivity index (χ3n) is 4.38. The molecule has 2 aromatic rings. The third kappa shape index (κ3) is 2.16. The lowest BCUT2D eigenvalue weighted by Gasteiger charge is -2.34. The normalized spacial score (nSPS) is 22.6. The first-order valence-corrected chi connectivity index (χ1v) is 7.33. The number of nitrogens with zero attached hydrogens (tertiary/aromatic N) is 1. The van der Waals surface area contributed by atoms with Crippen LogP contribution in [-0.4, -0.2) is 23.0 Å². The Kier molecular flexibility index (Phi) is 2.96. The molecule has 112 valence electrons. The van der Waals surface area contributed by atoms with Gasteiger partial charge >= 0.3 is 0 Å². The van der Waals surface area contributed by atoms with E-state index in [1.165, 1.54) is 0 Å². The van der Waals surface area contributed by atoms with Crippen LogP contribution in [0.1, 0.15) is 40.4 Å². The van der Waals surface area contributed by atoms with Crippen molar-refractivity contribution in [1.82, 2.24) is 10.5 Å². The Labute approximate surface area is 126 Å². The van der Waals surface area contributed by atoms with Crippen molar-refractivity contribution in [3.63, 3.8) is 0 Å². The highest BCUT2D eigenvalue weighted by atomic mass is 16.5. The average Bonchev–Trinajstić information content (AvgIpc) is 3.09. The Hall–Kier alpha value is -2.63. The molecule has 1 aliphatic heterocycles. The smallest absolute Gasteiger partial charge is 0.251 e. The number of carbonyl (C=O) groups excluding carboxylic acids is 2. The van der Waals surface area contributed by atoms with E-state index in [-0.39, 0.29) is 24.3 Å². The maximum absolute atomic E-state index is 12.4. The Morgan fingerprint density at radius 3 is 2.95 bits per heavy atom. The van der Waals surface area contributed by atoms with E-state index in [9.17, 15) is 9.59 Å². The molecule has 2 aliphatic rings. The molecule has 1 aliphatic carbocycles. The number of hydrogen-bond acceptors (Lipinski definition) is 4. The number of rotatable bonds is 3. The Balaban J connectivity index is 1.42. The lowest BCUT2D eigenvalue weighted by molar-refractivity contribution is -0.115. The Morgan fingerprint density at radius 2 is 2.18 bits per heavy atom. The van der Waals surface area contributed by atoms with E-state index in [4.69, 9.17) is 4.52 Å². The van der Waals surface area contributed by atoms with Gasteiger partial charge in [0.2, 0.25) is 5.91 Å². The monoisotopic (exact) mass is 297 g/mol. The van der Waals surface area contributed by atoms with E-state index in [1.54, 1.807) is 18.4 Å². The van der Waals surface area contributed by atoms with Gasteiger partial charge in [-0.05, 0) is 30.5 Å². The predicted molar refractivity (Wildman–Crippen MR) is 78.5 cm³/mol. The second-order valence-electron chi connectivity index (χ2n) is 5.82. The fourth-order valence-corrected chi connectivity index (χ4v) is 3.13. The molecule has 6 heteroatoms. The standard InChI is InChI=1S/C16H15N3O3/c20-15-8-12-11(2-1-3-14(12)18-15)16(21)17-10-6-9(7-10)13-4-5-22-19-13/h1-5,9-10H,6-8H2,(H,17,21)(H,18,20). The molecule has 1 aromatic carbocycles. The topological polar surface area (TPSA) is 84.2 Å². The zero-order chi connectivity index (χ0) is 15.1. The highest BCUT2D eigenvalue weighted by molar-refractivity contribution is 6.05. The van der Waals surface area contributed by atoms with Crippen LogP contribution in [0, 0.1) is 0 Å². The number of nitrogens with one attached hydrogen (secondary N) is 2. The molecule has 0 radical (unpaired) electrons. The lowest BCUT2D eigenvalue weighted by Crippen LogP contribution is -2.43. The molecule has 2 amide bonds. The lowest BCUT2D eigenvalue weighted by atomic mass is 9.78. The number of fused-ring (bicyclic) bond motifs is 1. The van der Waals surface area contributed by atoms with Gasteiger partial charge < -0.3 is 15.2 Å². The van der Waals surface area contributed by atoms with Gasteiger partial charge in [-0.2, -0.15) is 0 Å². The van der Waals surface area contributed by atoms with Crippen molar-refractivity contribution in [2.45, 2.75) is 31.2 Å². The quantitative estimate of drug-likeness (QED) is 0.905. The molecule has 0 bridgehead atoms. The van der Waals surface area contributed by atoms with Crippen LogP contribution in [0.4, 0.5) is 5.69 Å². The van der Waals surface area contributed by atoms with Crippen LogP contribution < -0.4 is 10.6 Å². The Bertz CT molecular complexity index is 733. The van der Waals surface area contributed by atoms with Crippen molar-refractivity contribution in [2.75, 3.05) is 5.32 Å². The molecule has 0 saturated heterocycles. The van der Waals surface area contributed by atoms with Crippen LogP contribution in [0.5, 0.6) is 0 Å². The van der Waals surface area contributed by atoms with Gasteiger partial charge in [0.15, 0.2) is 0 Å². The molecule has 4 rings (SSSR count). The van der Waals surface area contributed by atoms with Gasteiger partial charge in [-0.3, -0.25) is 9.59 Å². The second-order valence-corrected chi connectivity index (χ2v) is 5.82. The number of carbonyl (C=O) groups is 2. The minimum Gasteiger partial charge on any atom is -0.365 e. The fourth-order valence-electron chi connectivity index (χ4n) is 3.13. The highest BCUT2D eigenvalue weighted by Crippen LogP contribution is 2.36. The van der Waals surface area contributed by atoms with Gasteiger partial charge in [0.1, 0.15) is 6.26 Å². The second kappa shape index (κ2) is 4.98. The van der Waals surface area contributed by atoms with Crippen molar-refractivity contribution in [3.8, 4) is 0 Å². The van der Waals surface area contributed by atoms with Gasteiger partial charge in [0.25, 0.3) is 5.91 Å². The zero-order valence-electron chi connectivity index (χ0n) is 11.8. The number of amides is 2. The molecule has 2 heterocycles. The van der Waals surface area contributed by atoms with Crippen molar-refractivity contribution < 1.29 is 14.1 Å². The molecule has 0 spiro atoms. The summed E-state index contributed by atoms with van der Waals surface area (Å²) in [6.45, 7) is 0. The van der Waals surface area contributed by atoms with E-state index in [2.05, 4.69) is 15.8 Å². The fraction of sp³-hybridized carbons (Fsp3) is 0.312. The first-order valence-electron chi connectivity index (χ1n) is 7.33. The van der Waals surface area contributed by atoms with Crippen molar-refractivity contribution >= 4 is 17.5 Å². The summed E-state index contributed by atoms with van der Waals surface area (Å²) in [6, 6.07) is 7.39. The molecule has 1 fully saturated rings. The van der Waals surface area contributed by atoms with E-state index < -0.39 is 0 Å². The largest absolute Gasteiger partial charge is 0.365 e. The molecule has 22 heavy (non-hydrogen) atoms. The average molecular weight is 297 g/mol. The third-order valence-corrected chi connectivity index (χ3v) is 4.38. The Morgan fingerprint density at radius 1 is 1.32 bits per heavy atom. The molecule has 1 saturated carbocycles. The van der Waals surface area contributed by atoms with Crippen LogP contribution in [0.25, 0.3) is 0 Å². The van der Waals surface area contributed by atoms with Gasteiger partial charge in [-0.1, -0.05) is 11.2 Å². The van der Waals surface area contributed by atoms with Crippen LogP contribution >= 0.6 is 0 Å². The summed E-state index contributed by atoms with van der Waals surface area (Å²) in [5.41, 5.74) is 3.06. The molecular formula is C16H15N3O3. The summed E-state index contributed by atoms with van der Waals surface area (Å²) in [6.07, 6.45) is 3.57. The first-order chi connectivity index (χ1) is 10.7. The first kappa shape index (κ1) is 13.1. The van der Waals surface area contributed by atoms with Crippen molar-refractivity contribution in [1.29, 1.82) is 0 Å². The minimum absolute atomic E-state index is 0.0648. The number of aromatic nitrogens is 1. The minimum atomic E-state index is -0.114. The van der Waals surface area contributed by atoms with Gasteiger partial charge in [0, 0.05) is 29.3 Å². The molecule has 1 aromatic heterocycles. The molecule has 0 atom stereocenters. The van der Waals surface area contributed by atoms with E-state index >= 15 is 0 Å². The van der Waals surface area contributed by atoms with E-state index in [1.807, 2.05) is 12.1 Å². The van der Waals surface area contributed by atoms with Crippen LogP contribution in [0.2, 0.25) is 0 Å². The molecule has 2 N–H and O–H groups in total. The van der Waals surface area contributed by atoms with Gasteiger partial charge in [-0.15, -0.1) is 0 Å². The molecular weight excluding hydrogens is 282 g/mol. The summed E-state index contributed by atoms with van der Waals surface area (Å²) in [5.74, 6) is 0.177. The SMILES string of the molecule is O=C1Cc2c(cccc2C(=O)NC2CC(c3ccon3)C2)N1. The number of benzene rings is 1. The van der Waals surface area contributed by atoms with Crippen LogP contribution in [0.3, 0.4) is 0 Å². The summed E-state index contributed by atoms with van der Waals surface area (Å²) in [5, 5.41) is 9.73. The van der Waals surface area contributed by atoms with Crippen molar-refractivity contribution in [3.05, 3.63) is 47.3 Å². The summed E-state index contributed by atoms with van der Waals surface area (Å²) in [7, 11) is 0. The summed E-state index contributed by atoms with van der Waals surface area (Å²) in [4.78, 5) is 23.9. The van der Waals surface area contributed by atoms with Crippen molar-refractivity contribution in [2.24, 2.45) is 0 Å². The highest BCUT2D eigenvalue weighted by Gasteiger charge is 2.34.